The van der Waals surface area contributed by atoms with E-state index in [9.17, 15) is 32.3 Å². The molecular formula is C18H12Cl2F4N2O3. The number of aliphatic hydroxyl groups is 1. The summed E-state index contributed by atoms with van der Waals surface area (Å²) in [6.45, 7) is 0. The third-order valence-corrected chi connectivity index (χ3v) is 5.11. The largest absolute Gasteiger partial charge is 0.450 e. The molecule has 0 radical (unpaired) electrons. The first-order valence-electron chi connectivity index (χ1n) is 8.07. The van der Waals surface area contributed by atoms with Gasteiger partial charge in [-0.15, -0.1) is 0 Å². The fraction of sp³-hybridized carbons (Fsp3) is 0.222. The van der Waals surface area contributed by atoms with Gasteiger partial charge in [-0.25, -0.2) is 9.18 Å². The number of rotatable bonds is 3. The molecule has 1 fully saturated rings. The molecule has 0 unspecified atom stereocenters. The van der Waals surface area contributed by atoms with Gasteiger partial charge in [0.15, 0.2) is 5.72 Å². The molecule has 0 aromatic heterocycles. The van der Waals surface area contributed by atoms with Crippen molar-refractivity contribution in [2.75, 3.05) is 0 Å². The topological polar surface area (TPSA) is 78.4 Å². The molecule has 2 aromatic rings. The maximum absolute atomic E-state index is 14.5. The van der Waals surface area contributed by atoms with Crippen LogP contribution in [0, 0.1) is 11.7 Å². The van der Waals surface area contributed by atoms with Gasteiger partial charge in [-0.1, -0.05) is 41.4 Å². The highest BCUT2D eigenvalue weighted by atomic mass is 35.5. The van der Waals surface area contributed by atoms with Crippen molar-refractivity contribution in [3.63, 3.8) is 0 Å². The molecule has 3 atom stereocenters. The van der Waals surface area contributed by atoms with Crippen LogP contribution in [0.2, 0.25) is 10.0 Å². The summed E-state index contributed by atoms with van der Waals surface area (Å²) in [4.78, 5) is 24.5. The Hall–Kier alpha value is -2.36. The van der Waals surface area contributed by atoms with Gasteiger partial charge in [-0.05, 0) is 24.3 Å². The maximum atomic E-state index is 14.5. The lowest BCUT2D eigenvalue weighted by atomic mass is 9.76. The van der Waals surface area contributed by atoms with Crippen LogP contribution >= 0.6 is 23.2 Å². The number of carbonyl (C=O) groups is 2. The fourth-order valence-electron chi connectivity index (χ4n) is 3.27. The molecule has 1 aliphatic rings. The molecule has 3 rings (SSSR count). The predicted octanol–water partition coefficient (Wildman–Crippen LogP) is 4.08. The van der Waals surface area contributed by atoms with E-state index >= 15 is 0 Å². The molecule has 29 heavy (non-hydrogen) atoms. The standard InChI is InChI=1S/C18H12Cl2F4N2O3/c19-9-6-4-8(5-7-9)17(29)13(15(27)18(22,23)24)14(25-16(28)26-17)12-10(20)2-1-3-11(12)21/h1-7,13-14,29H,(H2,25,26,28)/t13-,14+,17-/m0/s1. The SMILES string of the molecule is O=C1N[C@H](c2c(F)cccc2Cl)[C@@H](C(=O)C(F)(F)F)[C@@](O)(c2ccc(Cl)cc2)N1. The lowest BCUT2D eigenvalue weighted by Gasteiger charge is -2.45. The number of urea groups is 1. The van der Waals surface area contributed by atoms with Gasteiger partial charge in [0.05, 0.1) is 6.04 Å². The van der Waals surface area contributed by atoms with Crippen molar-refractivity contribution in [3.8, 4) is 0 Å². The summed E-state index contributed by atoms with van der Waals surface area (Å²) in [6, 6.07) is 5.05. The first-order valence-corrected chi connectivity index (χ1v) is 8.83. The van der Waals surface area contributed by atoms with E-state index in [1.807, 2.05) is 5.32 Å². The quantitative estimate of drug-likeness (QED) is 0.616. The van der Waals surface area contributed by atoms with Crippen molar-refractivity contribution in [2.24, 2.45) is 5.92 Å². The second-order valence-electron chi connectivity index (χ2n) is 6.32. The molecule has 1 saturated heterocycles. The van der Waals surface area contributed by atoms with Crippen LogP contribution in [0.3, 0.4) is 0 Å². The Kier molecular flexibility index (Phi) is 5.50. The second-order valence-corrected chi connectivity index (χ2v) is 7.17. The predicted molar refractivity (Wildman–Crippen MR) is 95.7 cm³/mol. The van der Waals surface area contributed by atoms with E-state index in [1.165, 1.54) is 24.3 Å². The van der Waals surface area contributed by atoms with E-state index in [-0.39, 0.29) is 15.6 Å². The van der Waals surface area contributed by atoms with Gasteiger partial charge in [0.1, 0.15) is 11.7 Å². The summed E-state index contributed by atoms with van der Waals surface area (Å²) in [5.74, 6) is -5.83. The number of ketones is 1. The van der Waals surface area contributed by atoms with Gasteiger partial charge in [-0.3, -0.25) is 4.79 Å². The lowest BCUT2D eigenvalue weighted by molar-refractivity contribution is -0.190. The number of benzene rings is 2. The van der Waals surface area contributed by atoms with Crippen LogP contribution in [0.4, 0.5) is 22.4 Å². The smallest absolute Gasteiger partial charge is 0.366 e. The van der Waals surface area contributed by atoms with Crippen LogP contribution in [-0.4, -0.2) is 23.1 Å². The number of carbonyl (C=O) groups excluding carboxylic acids is 2. The van der Waals surface area contributed by atoms with Gasteiger partial charge in [0.25, 0.3) is 0 Å². The highest BCUT2D eigenvalue weighted by Crippen LogP contribution is 2.45. The van der Waals surface area contributed by atoms with E-state index in [0.29, 0.717) is 0 Å². The number of Topliss-reactive ketones (excluding diaryl/α,β-unsaturated/α-hetero) is 1. The fourth-order valence-corrected chi connectivity index (χ4v) is 3.68. The van der Waals surface area contributed by atoms with Gasteiger partial charge in [-0.2, -0.15) is 13.2 Å². The van der Waals surface area contributed by atoms with Crippen molar-refractivity contribution in [1.82, 2.24) is 10.6 Å². The Bertz CT molecular complexity index is 948. The molecule has 154 valence electrons. The van der Waals surface area contributed by atoms with Crippen LogP contribution in [0.25, 0.3) is 0 Å². The number of amides is 2. The molecule has 2 aromatic carbocycles. The van der Waals surface area contributed by atoms with Crippen LogP contribution in [0.1, 0.15) is 17.2 Å². The molecule has 5 nitrogen and oxygen atoms in total. The van der Waals surface area contributed by atoms with Crippen LogP contribution in [0.5, 0.6) is 0 Å². The van der Waals surface area contributed by atoms with E-state index in [1.54, 1.807) is 0 Å². The van der Waals surface area contributed by atoms with Crippen molar-refractivity contribution in [1.29, 1.82) is 0 Å². The molecule has 0 spiro atoms. The van der Waals surface area contributed by atoms with Gasteiger partial charge in [0, 0.05) is 21.2 Å². The summed E-state index contributed by atoms with van der Waals surface area (Å²) in [5.41, 5.74) is -3.63. The first kappa shape index (κ1) is 21.4. The van der Waals surface area contributed by atoms with Gasteiger partial charge >= 0.3 is 12.2 Å². The highest BCUT2D eigenvalue weighted by molar-refractivity contribution is 6.31. The molecule has 3 N–H and O–H groups in total. The first-order chi connectivity index (χ1) is 13.4. The molecule has 11 heteroatoms. The van der Waals surface area contributed by atoms with E-state index < -0.39 is 47.1 Å². The third kappa shape index (κ3) is 3.90. The summed E-state index contributed by atoms with van der Waals surface area (Å²) < 4.78 is 54.6. The van der Waals surface area contributed by atoms with E-state index in [0.717, 1.165) is 18.2 Å². The molecule has 1 heterocycles. The van der Waals surface area contributed by atoms with Crippen LogP contribution < -0.4 is 10.6 Å². The minimum absolute atomic E-state index is 0.199. The summed E-state index contributed by atoms with van der Waals surface area (Å²) in [6.07, 6.45) is -5.40. The zero-order chi connectivity index (χ0) is 21.6. The van der Waals surface area contributed by atoms with Crippen molar-refractivity contribution >= 4 is 35.0 Å². The monoisotopic (exact) mass is 450 g/mol. The lowest BCUT2D eigenvalue weighted by Crippen LogP contribution is -2.66. The van der Waals surface area contributed by atoms with Crippen molar-refractivity contribution in [2.45, 2.75) is 17.9 Å². The number of hydrogen-bond donors (Lipinski definition) is 3. The maximum Gasteiger partial charge on any atom is 0.450 e. The minimum atomic E-state index is -5.40. The summed E-state index contributed by atoms with van der Waals surface area (Å²) >= 11 is 11.7. The Morgan fingerprint density at radius 3 is 2.28 bits per heavy atom. The van der Waals surface area contributed by atoms with Crippen LogP contribution in [-0.2, 0) is 10.5 Å². The number of nitrogens with one attached hydrogen (secondary N) is 2. The van der Waals surface area contributed by atoms with Crippen molar-refractivity contribution < 1.29 is 32.3 Å². The molecule has 0 saturated carbocycles. The van der Waals surface area contributed by atoms with Gasteiger partial charge in [0.2, 0.25) is 5.78 Å². The Morgan fingerprint density at radius 2 is 1.72 bits per heavy atom. The summed E-state index contributed by atoms with van der Waals surface area (Å²) in [7, 11) is 0. The average molecular weight is 451 g/mol. The normalized spacial score (nSPS) is 24.6. The zero-order valence-electron chi connectivity index (χ0n) is 14.2. The Morgan fingerprint density at radius 1 is 1.10 bits per heavy atom. The second kappa shape index (κ2) is 7.47. The molecular weight excluding hydrogens is 439 g/mol. The average Bonchev–Trinajstić information content (AvgIpc) is 2.60. The number of halogens is 6. The molecule has 1 aliphatic heterocycles. The minimum Gasteiger partial charge on any atom is -0.366 e. The molecule has 0 aliphatic carbocycles. The van der Waals surface area contributed by atoms with Gasteiger partial charge < -0.3 is 15.7 Å². The highest BCUT2D eigenvalue weighted by Gasteiger charge is 2.59. The Labute approximate surface area is 171 Å². The molecule has 2 amide bonds. The Balaban J connectivity index is 2.25. The zero-order valence-corrected chi connectivity index (χ0v) is 15.7. The van der Waals surface area contributed by atoms with Crippen LogP contribution in [0.15, 0.2) is 42.5 Å². The van der Waals surface area contributed by atoms with E-state index in [2.05, 4.69) is 5.32 Å². The van der Waals surface area contributed by atoms with E-state index in [4.69, 9.17) is 23.2 Å². The number of alkyl halides is 3. The number of hydrogen-bond acceptors (Lipinski definition) is 3. The molecule has 0 bridgehead atoms. The van der Waals surface area contributed by atoms with Crippen molar-refractivity contribution in [3.05, 3.63) is 69.5 Å². The summed E-state index contributed by atoms with van der Waals surface area (Å²) in [5, 5.41) is 15.0. The third-order valence-electron chi connectivity index (χ3n) is 4.53.